The van der Waals surface area contributed by atoms with Gasteiger partial charge in [-0.05, 0) is 24.6 Å². The third-order valence-corrected chi connectivity index (χ3v) is 4.53. The van der Waals surface area contributed by atoms with Gasteiger partial charge < -0.3 is 5.32 Å². The molecule has 2 rings (SSSR count). The first-order valence-electron chi connectivity index (χ1n) is 6.93. The Morgan fingerprint density at radius 2 is 1.95 bits per heavy atom. The minimum absolute atomic E-state index is 0.0497. The van der Waals surface area contributed by atoms with Crippen molar-refractivity contribution in [3.05, 3.63) is 70.5 Å². The molecule has 0 aliphatic heterocycles. The molecule has 1 N–H and O–H groups in total. The van der Waals surface area contributed by atoms with E-state index < -0.39 is 0 Å². The van der Waals surface area contributed by atoms with E-state index in [-0.39, 0.29) is 23.5 Å². The summed E-state index contributed by atoms with van der Waals surface area (Å²) >= 11 is 7.30. The summed E-state index contributed by atoms with van der Waals surface area (Å²) in [5, 5.41) is 3.32. The van der Waals surface area contributed by atoms with Crippen molar-refractivity contribution < 1.29 is 9.18 Å². The third kappa shape index (κ3) is 4.75. The van der Waals surface area contributed by atoms with Crippen LogP contribution in [0, 0.1) is 5.82 Å². The van der Waals surface area contributed by atoms with Crippen LogP contribution in [-0.2, 0) is 10.5 Å². The number of hydrogen-bond acceptors (Lipinski definition) is 2. The smallest absolute Gasteiger partial charge is 0.230 e. The molecule has 0 aromatic heterocycles. The number of rotatable bonds is 6. The molecule has 0 unspecified atom stereocenters. The van der Waals surface area contributed by atoms with Gasteiger partial charge in [-0.2, -0.15) is 0 Å². The molecule has 0 bridgehead atoms. The van der Waals surface area contributed by atoms with Crippen LogP contribution in [0.25, 0.3) is 0 Å². The van der Waals surface area contributed by atoms with Gasteiger partial charge in [0.25, 0.3) is 0 Å². The summed E-state index contributed by atoms with van der Waals surface area (Å²) in [6.45, 7) is 1.94. The number of benzene rings is 2. The van der Waals surface area contributed by atoms with Crippen LogP contribution >= 0.6 is 23.4 Å². The fraction of sp³-hybridized carbons (Fsp3) is 0.235. The summed E-state index contributed by atoms with van der Waals surface area (Å²) < 4.78 is 13.6. The van der Waals surface area contributed by atoms with Gasteiger partial charge in [0.1, 0.15) is 5.82 Å². The summed E-state index contributed by atoms with van der Waals surface area (Å²) in [6, 6.07) is 14.3. The van der Waals surface area contributed by atoms with Crippen LogP contribution in [-0.4, -0.2) is 11.7 Å². The lowest BCUT2D eigenvalue weighted by atomic mass is 10.1. The Morgan fingerprint density at radius 1 is 1.23 bits per heavy atom. The number of carbonyl (C=O) groups excluding carboxylic acids is 1. The summed E-state index contributed by atoms with van der Waals surface area (Å²) in [5.41, 5.74) is 1.50. The first kappa shape index (κ1) is 16.8. The number of halogens is 2. The van der Waals surface area contributed by atoms with Crippen molar-refractivity contribution >= 4 is 29.3 Å². The zero-order valence-electron chi connectivity index (χ0n) is 12.2. The lowest BCUT2D eigenvalue weighted by Gasteiger charge is -2.14. The minimum Gasteiger partial charge on any atom is -0.349 e. The molecule has 1 amide bonds. The van der Waals surface area contributed by atoms with Crippen molar-refractivity contribution in [2.24, 2.45) is 0 Å². The van der Waals surface area contributed by atoms with E-state index in [1.54, 1.807) is 12.1 Å². The van der Waals surface area contributed by atoms with Gasteiger partial charge in [-0.3, -0.25) is 4.79 Å². The number of thioether (sulfide) groups is 1. The van der Waals surface area contributed by atoms with E-state index >= 15 is 0 Å². The predicted molar refractivity (Wildman–Crippen MR) is 90.6 cm³/mol. The molecular formula is C17H17ClFNOS. The molecule has 0 spiro atoms. The minimum atomic E-state index is -0.335. The number of nitrogens with one attached hydrogen (secondary N) is 1. The molecule has 2 nitrogen and oxygen atoms in total. The van der Waals surface area contributed by atoms with Gasteiger partial charge in [0.05, 0.1) is 11.8 Å². The van der Waals surface area contributed by atoms with Gasteiger partial charge in [-0.1, -0.05) is 48.0 Å². The van der Waals surface area contributed by atoms with Crippen molar-refractivity contribution in [1.82, 2.24) is 5.32 Å². The first-order valence-corrected chi connectivity index (χ1v) is 8.46. The molecule has 0 saturated heterocycles. The highest BCUT2D eigenvalue weighted by Crippen LogP contribution is 2.23. The van der Waals surface area contributed by atoms with Gasteiger partial charge >= 0.3 is 0 Å². The topological polar surface area (TPSA) is 29.1 Å². The van der Waals surface area contributed by atoms with Crippen LogP contribution in [0.4, 0.5) is 4.39 Å². The Hall–Kier alpha value is -1.52. The zero-order valence-corrected chi connectivity index (χ0v) is 13.8. The molecule has 5 heteroatoms. The van der Waals surface area contributed by atoms with Crippen LogP contribution in [0.15, 0.2) is 48.5 Å². The summed E-state index contributed by atoms with van der Waals surface area (Å²) in [7, 11) is 0. The van der Waals surface area contributed by atoms with Crippen molar-refractivity contribution in [2.75, 3.05) is 5.75 Å². The highest BCUT2D eigenvalue weighted by molar-refractivity contribution is 7.99. The molecule has 2 aromatic carbocycles. The van der Waals surface area contributed by atoms with Gasteiger partial charge in [0.15, 0.2) is 0 Å². The average Bonchev–Trinajstić information content (AvgIpc) is 2.51. The Bertz CT molecular complexity index is 616. The standard InChI is InChI=1S/C17H17ClFNOS/c1-12(13-6-3-2-4-7-13)20-17(21)11-22-10-14-15(18)8-5-9-16(14)19/h2-9,12H,10-11H2,1H3,(H,20,21)/t12-/m1/s1. The molecule has 0 saturated carbocycles. The molecule has 0 radical (unpaired) electrons. The van der Waals surface area contributed by atoms with Gasteiger partial charge in [0, 0.05) is 16.3 Å². The fourth-order valence-corrected chi connectivity index (χ4v) is 3.20. The summed E-state index contributed by atoms with van der Waals surface area (Å²) in [6.07, 6.45) is 0. The van der Waals surface area contributed by atoms with Crippen molar-refractivity contribution in [2.45, 2.75) is 18.7 Å². The quantitative estimate of drug-likeness (QED) is 0.835. The highest BCUT2D eigenvalue weighted by Gasteiger charge is 2.11. The van der Waals surface area contributed by atoms with Crippen LogP contribution in [0.1, 0.15) is 24.1 Å². The van der Waals surface area contributed by atoms with E-state index in [4.69, 9.17) is 11.6 Å². The molecule has 0 heterocycles. The van der Waals surface area contributed by atoms with Crippen LogP contribution in [0.2, 0.25) is 5.02 Å². The molecule has 22 heavy (non-hydrogen) atoms. The largest absolute Gasteiger partial charge is 0.349 e. The number of amides is 1. The van der Waals surface area contributed by atoms with Crippen molar-refractivity contribution in [1.29, 1.82) is 0 Å². The van der Waals surface area contributed by atoms with Gasteiger partial charge in [-0.15, -0.1) is 11.8 Å². The normalized spacial score (nSPS) is 12.0. The second kappa shape index (κ2) is 8.20. The van der Waals surface area contributed by atoms with E-state index in [2.05, 4.69) is 5.32 Å². The van der Waals surface area contributed by atoms with E-state index in [0.717, 1.165) is 5.56 Å². The van der Waals surface area contributed by atoms with Crippen LogP contribution < -0.4 is 5.32 Å². The molecule has 0 fully saturated rings. The predicted octanol–water partition coefficient (Wildman–Crippen LogP) is 4.59. The lowest BCUT2D eigenvalue weighted by Crippen LogP contribution is -2.28. The summed E-state index contributed by atoms with van der Waals surface area (Å²) in [5.74, 6) is 0.229. The zero-order chi connectivity index (χ0) is 15.9. The van der Waals surface area contributed by atoms with Gasteiger partial charge in [0.2, 0.25) is 5.91 Å². The van der Waals surface area contributed by atoms with Gasteiger partial charge in [-0.25, -0.2) is 4.39 Å². The maximum absolute atomic E-state index is 13.6. The number of carbonyl (C=O) groups is 1. The second-order valence-electron chi connectivity index (χ2n) is 4.89. The molecule has 116 valence electrons. The molecular weight excluding hydrogens is 321 g/mol. The second-order valence-corrected chi connectivity index (χ2v) is 6.29. The van der Waals surface area contributed by atoms with E-state index in [1.165, 1.54) is 17.8 Å². The van der Waals surface area contributed by atoms with Crippen LogP contribution in [0.3, 0.4) is 0 Å². The van der Waals surface area contributed by atoms with E-state index in [0.29, 0.717) is 16.3 Å². The number of hydrogen-bond donors (Lipinski definition) is 1. The van der Waals surface area contributed by atoms with Crippen molar-refractivity contribution in [3.8, 4) is 0 Å². The average molecular weight is 338 g/mol. The highest BCUT2D eigenvalue weighted by atomic mass is 35.5. The monoisotopic (exact) mass is 337 g/mol. The maximum atomic E-state index is 13.6. The SMILES string of the molecule is C[C@@H](NC(=O)CSCc1c(F)cccc1Cl)c1ccccc1. The molecule has 2 aromatic rings. The lowest BCUT2D eigenvalue weighted by molar-refractivity contribution is -0.119. The third-order valence-electron chi connectivity index (χ3n) is 3.22. The van der Waals surface area contributed by atoms with E-state index in [1.807, 2.05) is 37.3 Å². The maximum Gasteiger partial charge on any atom is 0.230 e. The molecule has 1 atom stereocenters. The molecule has 0 aliphatic rings. The Kier molecular flexibility index (Phi) is 6.28. The van der Waals surface area contributed by atoms with E-state index in [9.17, 15) is 9.18 Å². The Balaban J connectivity index is 1.81. The van der Waals surface area contributed by atoms with Crippen LogP contribution in [0.5, 0.6) is 0 Å². The summed E-state index contributed by atoms with van der Waals surface area (Å²) in [4.78, 5) is 11.9. The Labute approximate surface area is 139 Å². The Morgan fingerprint density at radius 3 is 2.64 bits per heavy atom. The first-order chi connectivity index (χ1) is 10.6. The van der Waals surface area contributed by atoms with Crippen molar-refractivity contribution in [3.63, 3.8) is 0 Å². The molecule has 0 aliphatic carbocycles. The fourth-order valence-electron chi connectivity index (χ4n) is 2.02.